The van der Waals surface area contributed by atoms with Gasteiger partial charge in [-0.05, 0) is 38.6 Å². The summed E-state index contributed by atoms with van der Waals surface area (Å²) in [6.45, 7) is 5.22. The second-order valence-corrected chi connectivity index (χ2v) is 6.24. The first kappa shape index (κ1) is 13.9. The third-order valence-electron chi connectivity index (χ3n) is 2.93. The predicted octanol–water partition coefficient (Wildman–Crippen LogP) is 3.07. The van der Waals surface area contributed by atoms with Crippen molar-refractivity contribution in [1.82, 2.24) is 9.88 Å². The molecule has 0 saturated heterocycles. The van der Waals surface area contributed by atoms with Crippen molar-refractivity contribution in [2.24, 2.45) is 0 Å². The fraction of sp³-hybridized carbons (Fsp3) is 0.333. The van der Waals surface area contributed by atoms with Crippen molar-refractivity contribution in [3.05, 3.63) is 51.5 Å². The van der Waals surface area contributed by atoms with E-state index < -0.39 is 0 Å². The number of thiophene rings is 1. The lowest BCUT2D eigenvalue weighted by atomic mass is 10.1. The molecule has 0 N–H and O–H groups in total. The quantitative estimate of drug-likeness (QED) is 0.786. The summed E-state index contributed by atoms with van der Waals surface area (Å²) in [5.74, 6) is 0.188. The summed E-state index contributed by atoms with van der Waals surface area (Å²) in [6, 6.07) is 5.92. The first-order valence-electron chi connectivity index (χ1n) is 6.24. The van der Waals surface area contributed by atoms with Crippen LogP contribution in [0.15, 0.2) is 30.6 Å². The Morgan fingerprint density at radius 1 is 1.42 bits per heavy atom. The van der Waals surface area contributed by atoms with E-state index in [1.807, 2.05) is 50.2 Å². The molecule has 2 rings (SSSR count). The van der Waals surface area contributed by atoms with Crippen molar-refractivity contribution < 1.29 is 4.79 Å². The molecule has 2 aromatic heterocycles. The third-order valence-corrected chi connectivity index (χ3v) is 3.90. The number of carbonyl (C=O) groups excluding carboxylic acids is 1. The Hall–Kier alpha value is -1.52. The standard InChI is InChI=1S/C15H18N2OS/c1-11-7-14(12(2)19-11)15(18)10-17(3)9-13-5-4-6-16-8-13/h4-8H,9-10H2,1-3H3. The Morgan fingerprint density at radius 2 is 2.21 bits per heavy atom. The number of rotatable bonds is 5. The van der Waals surface area contributed by atoms with Gasteiger partial charge in [-0.25, -0.2) is 0 Å². The average Bonchev–Trinajstić information content (AvgIpc) is 2.69. The maximum absolute atomic E-state index is 12.2. The van der Waals surface area contributed by atoms with Gasteiger partial charge in [-0.2, -0.15) is 0 Å². The molecule has 0 amide bonds. The Kier molecular flexibility index (Phi) is 4.45. The van der Waals surface area contributed by atoms with Crippen molar-refractivity contribution in [2.45, 2.75) is 20.4 Å². The van der Waals surface area contributed by atoms with Gasteiger partial charge in [-0.15, -0.1) is 11.3 Å². The number of pyridine rings is 1. The molecule has 0 saturated carbocycles. The first-order valence-corrected chi connectivity index (χ1v) is 7.05. The summed E-state index contributed by atoms with van der Waals surface area (Å²) in [5, 5.41) is 0. The molecule has 2 heterocycles. The zero-order valence-electron chi connectivity index (χ0n) is 11.5. The van der Waals surface area contributed by atoms with E-state index in [4.69, 9.17) is 0 Å². The van der Waals surface area contributed by atoms with Crippen molar-refractivity contribution in [1.29, 1.82) is 0 Å². The summed E-state index contributed by atoms with van der Waals surface area (Å²) < 4.78 is 0. The van der Waals surface area contributed by atoms with Gasteiger partial charge in [0.15, 0.2) is 5.78 Å². The van der Waals surface area contributed by atoms with Gasteiger partial charge in [0.2, 0.25) is 0 Å². The topological polar surface area (TPSA) is 33.2 Å². The molecule has 3 nitrogen and oxygen atoms in total. The summed E-state index contributed by atoms with van der Waals surface area (Å²) in [7, 11) is 1.96. The highest BCUT2D eigenvalue weighted by Gasteiger charge is 2.14. The van der Waals surface area contributed by atoms with Gasteiger partial charge in [0.25, 0.3) is 0 Å². The van der Waals surface area contributed by atoms with E-state index in [9.17, 15) is 4.79 Å². The zero-order valence-corrected chi connectivity index (χ0v) is 12.3. The molecule has 0 atom stereocenters. The Bertz CT molecular complexity index is 563. The maximum Gasteiger partial charge on any atom is 0.177 e. The molecule has 2 aromatic rings. The van der Waals surface area contributed by atoms with Gasteiger partial charge in [0, 0.05) is 34.3 Å². The van der Waals surface area contributed by atoms with E-state index in [1.165, 1.54) is 4.88 Å². The molecule has 0 bridgehead atoms. The van der Waals surface area contributed by atoms with Crippen LogP contribution in [-0.2, 0) is 6.54 Å². The molecule has 0 unspecified atom stereocenters. The largest absolute Gasteiger partial charge is 0.295 e. The average molecular weight is 274 g/mol. The molecule has 100 valence electrons. The Labute approximate surface area is 117 Å². The second kappa shape index (κ2) is 6.08. The second-order valence-electron chi connectivity index (χ2n) is 4.78. The van der Waals surface area contributed by atoms with Crippen molar-refractivity contribution >= 4 is 17.1 Å². The predicted molar refractivity (Wildman–Crippen MR) is 78.7 cm³/mol. The minimum absolute atomic E-state index is 0.188. The molecule has 0 aliphatic carbocycles. The molecule has 0 aliphatic rings. The number of likely N-dealkylation sites (N-methyl/N-ethyl adjacent to an activating group) is 1. The molecule has 0 aliphatic heterocycles. The van der Waals surface area contributed by atoms with Crippen LogP contribution >= 0.6 is 11.3 Å². The summed E-state index contributed by atoms with van der Waals surface area (Å²) in [6.07, 6.45) is 3.59. The summed E-state index contributed by atoms with van der Waals surface area (Å²) in [5.41, 5.74) is 1.98. The third kappa shape index (κ3) is 3.72. The van der Waals surface area contributed by atoms with E-state index in [1.54, 1.807) is 17.5 Å². The van der Waals surface area contributed by atoms with Gasteiger partial charge < -0.3 is 0 Å². The van der Waals surface area contributed by atoms with Crippen LogP contribution in [0, 0.1) is 13.8 Å². The molecule has 0 aromatic carbocycles. The summed E-state index contributed by atoms with van der Waals surface area (Å²) in [4.78, 5) is 20.6. The molecular formula is C15H18N2OS. The summed E-state index contributed by atoms with van der Waals surface area (Å²) >= 11 is 1.68. The number of nitrogens with zero attached hydrogens (tertiary/aromatic N) is 2. The Balaban J connectivity index is 1.97. The van der Waals surface area contributed by atoms with Gasteiger partial charge in [-0.1, -0.05) is 6.07 Å². The molecule has 4 heteroatoms. The minimum Gasteiger partial charge on any atom is -0.295 e. The number of hydrogen-bond acceptors (Lipinski definition) is 4. The lowest BCUT2D eigenvalue weighted by Crippen LogP contribution is -2.25. The highest BCUT2D eigenvalue weighted by molar-refractivity contribution is 7.12. The van der Waals surface area contributed by atoms with Crippen molar-refractivity contribution in [3.8, 4) is 0 Å². The Morgan fingerprint density at radius 3 is 2.79 bits per heavy atom. The van der Waals surface area contributed by atoms with Crippen molar-refractivity contribution in [2.75, 3.05) is 13.6 Å². The van der Waals surface area contributed by atoms with E-state index >= 15 is 0 Å². The molecule has 0 spiro atoms. The van der Waals surface area contributed by atoms with E-state index in [0.717, 1.165) is 22.5 Å². The number of aromatic nitrogens is 1. The van der Waals surface area contributed by atoms with Crippen LogP contribution in [0.4, 0.5) is 0 Å². The van der Waals surface area contributed by atoms with E-state index in [2.05, 4.69) is 4.98 Å². The zero-order chi connectivity index (χ0) is 13.8. The number of Topliss-reactive ketones (excluding diaryl/α,β-unsaturated/α-hetero) is 1. The van der Waals surface area contributed by atoms with Crippen LogP contribution in [0.2, 0.25) is 0 Å². The molecule has 0 fully saturated rings. The van der Waals surface area contributed by atoms with Gasteiger partial charge in [0.1, 0.15) is 0 Å². The van der Waals surface area contributed by atoms with Crippen LogP contribution in [0.5, 0.6) is 0 Å². The van der Waals surface area contributed by atoms with Crippen LogP contribution in [-0.4, -0.2) is 29.3 Å². The number of ketones is 1. The van der Waals surface area contributed by atoms with Crippen LogP contribution < -0.4 is 0 Å². The maximum atomic E-state index is 12.2. The molecular weight excluding hydrogens is 256 g/mol. The van der Waals surface area contributed by atoms with Crippen molar-refractivity contribution in [3.63, 3.8) is 0 Å². The van der Waals surface area contributed by atoms with Crippen LogP contribution in [0.25, 0.3) is 0 Å². The smallest absolute Gasteiger partial charge is 0.177 e. The lowest BCUT2D eigenvalue weighted by Gasteiger charge is -2.15. The molecule has 0 radical (unpaired) electrons. The van der Waals surface area contributed by atoms with Gasteiger partial charge >= 0.3 is 0 Å². The highest BCUT2D eigenvalue weighted by atomic mass is 32.1. The minimum atomic E-state index is 0.188. The van der Waals surface area contributed by atoms with E-state index in [0.29, 0.717) is 6.54 Å². The monoisotopic (exact) mass is 274 g/mol. The lowest BCUT2D eigenvalue weighted by molar-refractivity contribution is 0.0943. The normalized spacial score (nSPS) is 10.9. The highest BCUT2D eigenvalue weighted by Crippen LogP contribution is 2.21. The van der Waals surface area contributed by atoms with Crippen LogP contribution in [0.3, 0.4) is 0 Å². The van der Waals surface area contributed by atoms with E-state index in [-0.39, 0.29) is 5.78 Å². The van der Waals surface area contributed by atoms with Gasteiger partial charge in [-0.3, -0.25) is 14.7 Å². The number of carbonyl (C=O) groups is 1. The number of hydrogen-bond donors (Lipinski definition) is 0. The first-order chi connectivity index (χ1) is 9.06. The SMILES string of the molecule is Cc1cc(C(=O)CN(C)Cc2cccnc2)c(C)s1. The fourth-order valence-corrected chi connectivity index (χ4v) is 3.04. The molecule has 19 heavy (non-hydrogen) atoms. The van der Waals surface area contributed by atoms with Gasteiger partial charge in [0.05, 0.1) is 6.54 Å². The fourth-order valence-electron chi connectivity index (χ4n) is 2.10. The van der Waals surface area contributed by atoms with Crippen LogP contribution in [0.1, 0.15) is 25.7 Å². The number of aryl methyl sites for hydroxylation is 2.